The minimum Gasteiger partial charge on any atom is -0.481 e. The molecule has 0 spiro atoms. The SMILES string of the molecule is CC#CC(=O)N(c1ccc2c(n1)c(O[C@@H]1CC[C@H](C(=O)O)C1)nn2C)c1cc(C)c(Br)cc1C1CC1. The molecule has 0 aliphatic heterocycles. The van der Waals surface area contributed by atoms with Gasteiger partial charge in [-0.1, -0.05) is 21.9 Å². The second kappa shape index (κ2) is 9.58. The van der Waals surface area contributed by atoms with Crippen molar-refractivity contribution < 1.29 is 19.4 Å². The first-order valence-electron chi connectivity index (χ1n) is 12.1. The van der Waals surface area contributed by atoms with Crippen LogP contribution in [-0.4, -0.2) is 37.9 Å². The Morgan fingerprint density at radius 3 is 2.67 bits per heavy atom. The maximum Gasteiger partial charge on any atom is 0.308 e. The van der Waals surface area contributed by atoms with Crippen LogP contribution < -0.4 is 9.64 Å². The van der Waals surface area contributed by atoms with Crippen LogP contribution in [-0.2, 0) is 16.6 Å². The van der Waals surface area contributed by atoms with Crippen LogP contribution in [0.15, 0.2) is 28.7 Å². The first-order valence-corrected chi connectivity index (χ1v) is 12.9. The summed E-state index contributed by atoms with van der Waals surface area (Å²) < 4.78 is 8.84. The molecule has 2 atom stereocenters. The molecule has 0 radical (unpaired) electrons. The Labute approximate surface area is 217 Å². The molecule has 1 amide bonds. The molecule has 1 N–H and O–H groups in total. The van der Waals surface area contributed by atoms with Gasteiger partial charge in [0.25, 0.3) is 5.88 Å². The largest absolute Gasteiger partial charge is 0.481 e. The van der Waals surface area contributed by atoms with E-state index in [0.717, 1.165) is 39.6 Å². The van der Waals surface area contributed by atoms with Crippen LogP contribution in [0, 0.1) is 24.7 Å². The zero-order valence-electron chi connectivity index (χ0n) is 20.4. The second-order valence-corrected chi connectivity index (χ2v) is 10.4. The van der Waals surface area contributed by atoms with Crippen molar-refractivity contribution in [3.8, 4) is 17.7 Å². The normalized spacial score (nSPS) is 19.1. The smallest absolute Gasteiger partial charge is 0.308 e. The van der Waals surface area contributed by atoms with Crippen molar-refractivity contribution in [1.29, 1.82) is 0 Å². The van der Waals surface area contributed by atoms with Crippen molar-refractivity contribution in [1.82, 2.24) is 14.8 Å². The zero-order valence-corrected chi connectivity index (χ0v) is 22.0. The summed E-state index contributed by atoms with van der Waals surface area (Å²) in [4.78, 5) is 31.1. The minimum absolute atomic E-state index is 0.242. The standard InChI is InChI=1S/C27H27BrN4O4/c1-4-5-24(33)32(22-12-15(2)20(28)14-19(22)16-6-7-16)23-11-10-21-25(29-23)26(30-31(21)3)36-18-9-8-17(13-18)27(34)35/h10-12,14,16-18H,6-9,13H2,1-3H3,(H,34,35)/t17-,18+/m0/s1. The zero-order chi connectivity index (χ0) is 25.6. The number of aliphatic carboxylic acids is 1. The molecule has 2 aliphatic carbocycles. The monoisotopic (exact) mass is 550 g/mol. The lowest BCUT2D eigenvalue weighted by Gasteiger charge is -2.24. The summed E-state index contributed by atoms with van der Waals surface area (Å²) in [5, 5.41) is 13.8. The highest BCUT2D eigenvalue weighted by Gasteiger charge is 2.33. The molecule has 2 saturated carbocycles. The Morgan fingerprint density at radius 1 is 1.22 bits per heavy atom. The Bertz CT molecular complexity index is 1430. The summed E-state index contributed by atoms with van der Waals surface area (Å²) in [6.07, 6.45) is 3.58. The number of benzene rings is 1. The van der Waals surface area contributed by atoms with E-state index in [1.165, 1.54) is 0 Å². The van der Waals surface area contributed by atoms with E-state index in [4.69, 9.17) is 9.72 Å². The Morgan fingerprint density at radius 2 is 2.00 bits per heavy atom. The number of aryl methyl sites for hydroxylation is 2. The van der Waals surface area contributed by atoms with Gasteiger partial charge in [0.2, 0.25) is 0 Å². The summed E-state index contributed by atoms with van der Waals surface area (Å²) in [7, 11) is 1.81. The summed E-state index contributed by atoms with van der Waals surface area (Å²) >= 11 is 3.64. The van der Waals surface area contributed by atoms with E-state index in [9.17, 15) is 14.7 Å². The van der Waals surface area contributed by atoms with Crippen LogP contribution in [0.5, 0.6) is 5.88 Å². The Kier molecular flexibility index (Phi) is 6.47. The van der Waals surface area contributed by atoms with Crippen LogP contribution in [0.2, 0.25) is 0 Å². The number of rotatable bonds is 6. The predicted octanol–water partition coefficient (Wildman–Crippen LogP) is 5.24. The van der Waals surface area contributed by atoms with Crippen molar-refractivity contribution in [2.75, 3.05) is 4.90 Å². The number of hydrogen-bond acceptors (Lipinski definition) is 5. The average Bonchev–Trinajstić information content (AvgIpc) is 3.50. The van der Waals surface area contributed by atoms with Crippen molar-refractivity contribution in [3.63, 3.8) is 0 Å². The fraction of sp³-hybridized carbons (Fsp3) is 0.407. The van der Waals surface area contributed by atoms with Gasteiger partial charge in [-0.25, -0.2) is 4.98 Å². The van der Waals surface area contributed by atoms with Crippen LogP contribution in [0.3, 0.4) is 0 Å². The van der Waals surface area contributed by atoms with Gasteiger partial charge in [0.05, 0.1) is 17.1 Å². The predicted molar refractivity (Wildman–Crippen MR) is 139 cm³/mol. The number of carbonyl (C=O) groups excluding carboxylic acids is 1. The molecular weight excluding hydrogens is 524 g/mol. The fourth-order valence-corrected chi connectivity index (χ4v) is 5.19. The molecule has 0 bridgehead atoms. The number of hydrogen-bond donors (Lipinski definition) is 1. The molecule has 2 fully saturated rings. The third kappa shape index (κ3) is 4.58. The number of carboxylic acids is 1. The third-order valence-corrected chi connectivity index (χ3v) is 7.75. The molecule has 0 unspecified atom stereocenters. The van der Waals surface area contributed by atoms with Crippen molar-refractivity contribution in [2.45, 2.75) is 58.0 Å². The van der Waals surface area contributed by atoms with Crippen molar-refractivity contribution >= 4 is 50.3 Å². The lowest BCUT2D eigenvalue weighted by atomic mass is 10.0. The van der Waals surface area contributed by atoms with Gasteiger partial charge >= 0.3 is 11.9 Å². The molecule has 2 heterocycles. The lowest BCUT2D eigenvalue weighted by molar-refractivity contribution is -0.141. The van der Waals surface area contributed by atoms with Crippen LogP contribution in [0.4, 0.5) is 11.5 Å². The van der Waals surface area contributed by atoms with Crippen LogP contribution >= 0.6 is 15.9 Å². The fourth-order valence-electron chi connectivity index (χ4n) is 4.83. The molecule has 0 saturated heterocycles. The van der Waals surface area contributed by atoms with E-state index in [0.29, 0.717) is 42.4 Å². The number of carboxylic acid groups (broad SMARTS) is 1. The Balaban J connectivity index is 1.58. The first-order chi connectivity index (χ1) is 17.3. The summed E-state index contributed by atoms with van der Waals surface area (Å²) in [5.41, 5.74) is 4.17. The van der Waals surface area contributed by atoms with Crippen molar-refractivity contribution in [3.05, 3.63) is 39.9 Å². The van der Waals surface area contributed by atoms with Crippen LogP contribution in [0.25, 0.3) is 11.0 Å². The number of fused-ring (bicyclic) bond motifs is 1. The van der Waals surface area contributed by atoms with E-state index in [-0.39, 0.29) is 12.0 Å². The summed E-state index contributed by atoms with van der Waals surface area (Å²) in [6, 6.07) is 7.77. The molecule has 36 heavy (non-hydrogen) atoms. The topological polar surface area (TPSA) is 97.6 Å². The molecule has 2 aromatic heterocycles. The number of pyridine rings is 1. The van der Waals surface area contributed by atoms with Gasteiger partial charge in [0.1, 0.15) is 11.9 Å². The number of amides is 1. The number of carbonyl (C=O) groups is 2. The van der Waals surface area contributed by atoms with Gasteiger partial charge < -0.3 is 9.84 Å². The molecule has 2 aliphatic rings. The third-order valence-electron chi connectivity index (χ3n) is 6.89. The number of halogens is 1. The highest BCUT2D eigenvalue weighted by atomic mass is 79.9. The summed E-state index contributed by atoms with van der Waals surface area (Å²) in [5.74, 6) is 5.02. The van der Waals surface area contributed by atoms with Gasteiger partial charge in [-0.2, -0.15) is 0 Å². The van der Waals surface area contributed by atoms with Gasteiger partial charge in [0.15, 0.2) is 5.52 Å². The maximum absolute atomic E-state index is 13.3. The molecule has 5 rings (SSSR count). The van der Waals surface area contributed by atoms with Gasteiger partial charge in [-0.3, -0.25) is 19.2 Å². The minimum atomic E-state index is -0.796. The van der Waals surface area contributed by atoms with Gasteiger partial charge in [-0.15, -0.1) is 5.10 Å². The first kappa shape index (κ1) is 24.3. The van der Waals surface area contributed by atoms with E-state index < -0.39 is 11.9 Å². The maximum atomic E-state index is 13.3. The van der Waals surface area contributed by atoms with Gasteiger partial charge in [-0.05, 0) is 93.2 Å². The molecule has 3 aromatic rings. The number of nitrogens with zero attached hydrogens (tertiary/aromatic N) is 4. The highest BCUT2D eigenvalue weighted by Crippen LogP contribution is 2.47. The molecule has 186 valence electrons. The van der Waals surface area contributed by atoms with Crippen LogP contribution in [0.1, 0.15) is 56.1 Å². The van der Waals surface area contributed by atoms with E-state index in [2.05, 4.69) is 38.9 Å². The van der Waals surface area contributed by atoms with E-state index >= 15 is 0 Å². The highest BCUT2D eigenvalue weighted by molar-refractivity contribution is 9.10. The lowest BCUT2D eigenvalue weighted by Crippen LogP contribution is -2.26. The molecule has 9 heteroatoms. The average molecular weight is 551 g/mol. The number of ether oxygens (including phenoxy) is 1. The second-order valence-electron chi connectivity index (χ2n) is 9.50. The molecular formula is C27H27BrN4O4. The number of aromatic nitrogens is 3. The number of anilines is 2. The molecule has 1 aromatic carbocycles. The molecule has 8 nitrogen and oxygen atoms in total. The quantitative estimate of drug-likeness (QED) is 0.421. The van der Waals surface area contributed by atoms with Crippen molar-refractivity contribution in [2.24, 2.45) is 13.0 Å². The summed E-state index contributed by atoms with van der Waals surface area (Å²) in [6.45, 7) is 3.63. The van der Waals surface area contributed by atoms with E-state index in [1.807, 2.05) is 19.1 Å². The Hall–Kier alpha value is -3.38. The van der Waals surface area contributed by atoms with E-state index in [1.54, 1.807) is 29.6 Å². The van der Waals surface area contributed by atoms with Gasteiger partial charge in [0, 0.05) is 11.5 Å².